The van der Waals surface area contributed by atoms with Crippen LogP contribution in [0, 0.1) is 0 Å². The number of rotatable bonds is 16. The van der Waals surface area contributed by atoms with Crippen LogP contribution < -0.4 is 5.32 Å². The summed E-state index contributed by atoms with van der Waals surface area (Å²) < 4.78 is 27.1. The largest absolute Gasteiger partial charge is 0.449 e. The van der Waals surface area contributed by atoms with E-state index in [9.17, 15) is 4.79 Å². The van der Waals surface area contributed by atoms with Gasteiger partial charge in [-0.1, -0.05) is 64.5 Å². The van der Waals surface area contributed by atoms with Crippen molar-refractivity contribution >= 4 is 22.0 Å². The molecule has 0 saturated carbocycles. The number of fused-ring (bicyclic) bond motifs is 3. The SMILES string of the molecule is O=C(NCCOCCOCCOCCOCCBr)OCC1c2ccccc2-c2ccccc21. The van der Waals surface area contributed by atoms with Crippen molar-refractivity contribution in [3.8, 4) is 11.1 Å². The highest BCUT2D eigenvalue weighted by Crippen LogP contribution is 2.44. The number of alkyl carbamates (subject to hydrolysis) is 1. The summed E-state index contributed by atoms with van der Waals surface area (Å²) in [6.07, 6.45) is -0.436. The summed E-state index contributed by atoms with van der Waals surface area (Å²) in [7, 11) is 0. The Hall–Kier alpha value is -1.97. The van der Waals surface area contributed by atoms with E-state index in [4.69, 9.17) is 23.7 Å². The maximum Gasteiger partial charge on any atom is 0.407 e. The molecule has 0 fully saturated rings. The van der Waals surface area contributed by atoms with Crippen LogP contribution in [-0.4, -0.2) is 77.4 Å². The van der Waals surface area contributed by atoms with Crippen molar-refractivity contribution < 1.29 is 28.5 Å². The van der Waals surface area contributed by atoms with Crippen LogP contribution in [0.2, 0.25) is 0 Å². The van der Waals surface area contributed by atoms with E-state index in [1.165, 1.54) is 22.3 Å². The Morgan fingerprint density at radius 2 is 1.21 bits per heavy atom. The first-order valence-corrected chi connectivity index (χ1v) is 12.4. The van der Waals surface area contributed by atoms with E-state index in [0.717, 1.165) is 5.33 Å². The van der Waals surface area contributed by atoms with Gasteiger partial charge in [-0.3, -0.25) is 0 Å². The number of nitrogens with one attached hydrogen (secondary N) is 1. The molecule has 1 aliphatic rings. The van der Waals surface area contributed by atoms with Gasteiger partial charge in [-0.15, -0.1) is 0 Å². The molecule has 33 heavy (non-hydrogen) atoms. The van der Waals surface area contributed by atoms with Gasteiger partial charge in [-0.2, -0.15) is 0 Å². The molecule has 1 N–H and O–H groups in total. The van der Waals surface area contributed by atoms with Crippen molar-refractivity contribution in [2.45, 2.75) is 5.92 Å². The monoisotopic (exact) mass is 521 g/mol. The van der Waals surface area contributed by atoms with Gasteiger partial charge in [0, 0.05) is 17.8 Å². The van der Waals surface area contributed by atoms with Gasteiger partial charge in [0.1, 0.15) is 6.61 Å². The smallest absolute Gasteiger partial charge is 0.407 e. The first kappa shape index (κ1) is 25.6. The molecule has 0 atom stereocenters. The Morgan fingerprint density at radius 3 is 1.76 bits per heavy atom. The number of hydrogen-bond acceptors (Lipinski definition) is 6. The average Bonchev–Trinajstić information content (AvgIpc) is 3.16. The van der Waals surface area contributed by atoms with Crippen molar-refractivity contribution in [1.82, 2.24) is 5.32 Å². The molecule has 1 aliphatic carbocycles. The summed E-state index contributed by atoms with van der Waals surface area (Å²) in [4.78, 5) is 12.1. The van der Waals surface area contributed by atoms with Crippen LogP contribution in [0.4, 0.5) is 4.79 Å². The first-order valence-electron chi connectivity index (χ1n) is 11.3. The topological polar surface area (TPSA) is 75.3 Å². The molecule has 2 aromatic carbocycles. The van der Waals surface area contributed by atoms with E-state index in [0.29, 0.717) is 66.0 Å². The summed E-state index contributed by atoms with van der Waals surface area (Å²) in [6, 6.07) is 16.5. The van der Waals surface area contributed by atoms with Crippen molar-refractivity contribution in [2.75, 3.05) is 71.3 Å². The summed E-state index contributed by atoms with van der Waals surface area (Å²) in [6.45, 7) is 4.91. The van der Waals surface area contributed by atoms with Gasteiger partial charge in [-0.05, 0) is 22.3 Å². The van der Waals surface area contributed by atoms with Crippen LogP contribution in [0.5, 0.6) is 0 Å². The Kier molecular flexibility index (Phi) is 11.7. The van der Waals surface area contributed by atoms with E-state index in [1.54, 1.807) is 0 Å². The second-order valence-corrected chi connectivity index (χ2v) is 8.18. The van der Waals surface area contributed by atoms with Crippen molar-refractivity contribution in [3.63, 3.8) is 0 Å². The number of halogens is 1. The van der Waals surface area contributed by atoms with E-state index in [1.807, 2.05) is 24.3 Å². The first-order chi connectivity index (χ1) is 16.3. The Morgan fingerprint density at radius 1 is 0.727 bits per heavy atom. The minimum absolute atomic E-state index is 0.0577. The summed E-state index contributed by atoms with van der Waals surface area (Å²) >= 11 is 3.29. The van der Waals surface area contributed by atoms with Crippen molar-refractivity contribution in [1.29, 1.82) is 0 Å². The Bertz CT molecular complexity index is 804. The third-order valence-corrected chi connectivity index (χ3v) is 5.52. The van der Waals surface area contributed by atoms with Gasteiger partial charge in [0.2, 0.25) is 0 Å². The van der Waals surface area contributed by atoms with Crippen LogP contribution in [-0.2, 0) is 23.7 Å². The molecule has 7 nitrogen and oxygen atoms in total. The van der Waals surface area contributed by atoms with Crippen molar-refractivity contribution in [2.24, 2.45) is 0 Å². The van der Waals surface area contributed by atoms with Gasteiger partial charge < -0.3 is 29.0 Å². The van der Waals surface area contributed by atoms with Crippen molar-refractivity contribution in [3.05, 3.63) is 59.7 Å². The van der Waals surface area contributed by atoms with E-state index >= 15 is 0 Å². The molecule has 0 bridgehead atoms. The maximum absolute atomic E-state index is 12.1. The number of carbonyl (C=O) groups excluding carboxylic acids is 1. The second-order valence-electron chi connectivity index (χ2n) is 7.39. The molecule has 180 valence electrons. The molecule has 3 rings (SSSR count). The molecule has 1 amide bonds. The summed E-state index contributed by atoms with van der Waals surface area (Å²) in [5.41, 5.74) is 4.82. The highest BCUT2D eigenvalue weighted by Gasteiger charge is 2.28. The predicted molar refractivity (Wildman–Crippen MR) is 130 cm³/mol. The number of benzene rings is 2. The lowest BCUT2D eigenvalue weighted by molar-refractivity contribution is 0.000193. The van der Waals surface area contributed by atoms with Crippen LogP contribution in [0.1, 0.15) is 17.0 Å². The lowest BCUT2D eigenvalue weighted by atomic mass is 9.98. The van der Waals surface area contributed by atoms with E-state index < -0.39 is 6.09 Å². The maximum atomic E-state index is 12.1. The predicted octanol–water partition coefficient (Wildman–Crippen LogP) is 3.99. The molecule has 0 aliphatic heterocycles. The van der Waals surface area contributed by atoms with E-state index in [-0.39, 0.29) is 5.92 Å². The molecule has 2 aromatic rings. The number of carbonyl (C=O) groups is 1. The zero-order valence-corrected chi connectivity index (χ0v) is 20.4. The number of alkyl halides is 1. The normalized spacial score (nSPS) is 12.4. The van der Waals surface area contributed by atoms with Crippen LogP contribution >= 0.6 is 15.9 Å². The van der Waals surface area contributed by atoms with Gasteiger partial charge in [0.15, 0.2) is 0 Å². The van der Waals surface area contributed by atoms with Gasteiger partial charge >= 0.3 is 6.09 Å². The standard InChI is InChI=1S/C25H32BrNO6/c26-9-11-29-13-15-31-17-18-32-16-14-30-12-10-27-25(28)33-19-24-22-7-3-1-5-20(22)21-6-2-4-8-23(21)24/h1-8,24H,9-19H2,(H,27,28). The highest BCUT2D eigenvalue weighted by molar-refractivity contribution is 9.09. The lowest BCUT2D eigenvalue weighted by Crippen LogP contribution is -2.29. The zero-order valence-electron chi connectivity index (χ0n) is 18.8. The van der Waals surface area contributed by atoms with Crippen LogP contribution in [0.3, 0.4) is 0 Å². The third-order valence-electron chi connectivity index (χ3n) is 5.20. The molecule has 0 aromatic heterocycles. The molecule has 8 heteroatoms. The fraction of sp³-hybridized carbons (Fsp3) is 0.480. The van der Waals surface area contributed by atoms with Gasteiger partial charge in [0.05, 0.1) is 52.9 Å². The lowest BCUT2D eigenvalue weighted by Gasteiger charge is -2.14. The molecule has 0 unspecified atom stereocenters. The van der Waals surface area contributed by atoms with Crippen LogP contribution in [0.25, 0.3) is 11.1 Å². The number of amides is 1. The molecule has 0 radical (unpaired) electrons. The van der Waals surface area contributed by atoms with E-state index in [2.05, 4.69) is 45.5 Å². The summed E-state index contributed by atoms with van der Waals surface area (Å²) in [5.74, 6) is 0.0577. The Balaban J connectivity index is 1.21. The molecule has 0 heterocycles. The second kappa shape index (κ2) is 15.0. The highest BCUT2D eigenvalue weighted by atomic mass is 79.9. The van der Waals surface area contributed by atoms with Gasteiger partial charge in [0.25, 0.3) is 0 Å². The van der Waals surface area contributed by atoms with Gasteiger partial charge in [-0.25, -0.2) is 4.79 Å². The zero-order chi connectivity index (χ0) is 23.1. The van der Waals surface area contributed by atoms with Crippen LogP contribution in [0.15, 0.2) is 48.5 Å². The Labute approximate surface area is 203 Å². The quantitative estimate of drug-likeness (QED) is 0.266. The third kappa shape index (κ3) is 8.39. The fourth-order valence-electron chi connectivity index (χ4n) is 3.69. The fourth-order valence-corrected chi connectivity index (χ4v) is 3.92. The minimum atomic E-state index is -0.436. The average molecular weight is 522 g/mol. The molecule has 0 spiro atoms. The minimum Gasteiger partial charge on any atom is -0.449 e. The molecular formula is C25H32BrNO6. The number of hydrogen-bond donors (Lipinski definition) is 1. The molecule has 0 saturated heterocycles. The molecular weight excluding hydrogens is 490 g/mol. The number of ether oxygens (including phenoxy) is 5. The summed E-state index contributed by atoms with van der Waals surface area (Å²) in [5, 5.41) is 3.56.